The lowest BCUT2D eigenvalue weighted by molar-refractivity contribution is -0.242. The fourth-order valence-electron chi connectivity index (χ4n) is 3.15. The van der Waals surface area contributed by atoms with Crippen LogP contribution in [0.5, 0.6) is 28.7 Å². The Labute approximate surface area is 169 Å². The number of aliphatic hydroxyl groups is 3. The Bertz CT molecular complexity index is 1100. The Hall–Kier alpha value is -3.31. The first-order valence-corrected chi connectivity index (χ1v) is 8.92. The van der Waals surface area contributed by atoms with Gasteiger partial charge in [-0.3, -0.25) is 0 Å². The highest BCUT2D eigenvalue weighted by molar-refractivity contribution is 5.88. The molecule has 0 saturated carbocycles. The van der Waals surface area contributed by atoms with E-state index in [2.05, 4.69) is 0 Å². The number of hydrogen-bond donors (Lipinski definition) is 7. The summed E-state index contributed by atoms with van der Waals surface area (Å²) in [5.74, 6) is -1.37. The van der Waals surface area contributed by atoms with Crippen molar-refractivity contribution in [2.45, 2.75) is 24.6 Å². The van der Waals surface area contributed by atoms with E-state index in [1.807, 2.05) is 0 Å². The molecule has 1 saturated heterocycles. The van der Waals surface area contributed by atoms with Gasteiger partial charge in [0.1, 0.15) is 35.2 Å². The van der Waals surface area contributed by atoms with Crippen LogP contribution in [0.4, 0.5) is 0 Å². The highest BCUT2D eigenvalue weighted by atomic mass is 16.7. The van der Waals surface area contributed by atoms with Gasteiger partial charge in [0, 0.05) is 18.2 Å². The normalized spacial score (nSPS) is 24.1. The van der Waals surface area contributed by atoms with E-state index >= 15 is 0 Å². The Morgan fingerprint density at radius 1 is 0.867 bits per heavy atom. The van der Waals surface area contributed by atoms with E-state index in [0.29, 0.717) is 0 Å². The van der Waals surface area contributed by atoms with Crippen molar-refractivity contribution in [1.82, 2.24) is 0 Å². The summed E-state index contributed by atoms with van der Waals surface area (Å²) in [6.07, 6.45) is -5.76. The van der Waals surface area contributed by atoms with Gasteiger partial charge in [-0.1, -0.05) is 0 Å². The largest absolute Gasteiger partial charge is 0.507 e. The molecule has 2 heterocycles. The third kappa shape index (κ3) is 3.53. The Morgan fingerprint density at radius 2 is 1.63 bits per heavy atom. The minimum absolute atomic E-state index is 0.0132. The van der Waals surface area contributed by atoms with Crippen molar-refractivity contribution < 1.29 is 49.6 Å². The van der Waals surface area contributed by atoms with Crippen LogP contribution in [0.25, 0.3) is 22.3 Å². The lowest BCUT2D eigenvalue weighted by Gasteiger charge is -2.34. The smallest absolute Gasteiger partial charge is 0.402 e. The first-order valence-electron chi connectivity index (χ1n) is 8.92. The molecule has 0 radical (unpaired) electrons. The Kier molecular flexibility index (Phi) is 5.00. The Morgan fingerprint density at radius 3 is 2.37 bits per heavy atom. The number of ether oxygens (including phenoxy) is 2. The summed E-state index contributed by atoms with van der Waals surface area (Å²) in [7, 11) is 0. The van der Waals surface area contributed by atoms with Crippen molar-refractivity contribution in [3.8, 4) is 40.1 Å². The monoisotopic (exact) mass is 419 g/mol. The molecule has 158 valence electrons. The van der Waals surface area contributed by atoms with E-state index in [4.69, 9.17) is 13.9 Å². The van der Waals surface area contributed by atoms with Crippen LogP contribution in [0.3, 0.4) is 0 Å². The summed E-state index contributed by atoms with van der Waals surface area (Å²) in [5.41, 5.74) is 0.346. The van der Waals surface area contributed by atoms with Gasteiger partial charge in [-0.15, -0.1) is 0 Å². The molecule has 0 bridgehead atoms. The maximum Gasteiger partial charge on any atom is 0.402 e. The quantitative estimate of drug-likeness (QED) is 0.240. The zero-order valence-electron chi connectivity index (χ0n) is 15.3. The average molecular weight is 419 g/mol. The van der Waals surface area contributed by atoms with E-state index in [-0.39, 0.29) is 51.9 Å². The summed E-state index contributed by atoms with van der Waals surface area (Å²) in [4.78, 5) is 0. The third-order valence-electron chi connectivity index (χ3n) is 4.75. The number of phenols is 4. The second-order valence-electron chi connectivity index (χ2n) is 6.89. The van der Waals surface area contributed by atoms with Crippen LogP contribution in [-0.4, -0.2) is 67.0 Å². The SMILES string of the molecule is Oc1cc(O)c2cc(OC3OCC(O)C(O)C3O)c(-c3ccc(O)c(O)c3)[o+]c2c1. The highest BCUT2D eigenvalue weighted by Gasteiger charge is 2.40. The maximum absolute atomic E-state index is 10.2. The van der Waals surface area contributed by atoms with Crippen LogP contribution in [0.15, 0.2) is 40.8 Å². The molecule has 10 nitrogen and oxygen atoms in total. The molecule has 4 rings (SSSR count). The lowest BCUT2D eigenvalue weighted by atomic mass is 10.1. The van der Waals surface area contributed by atoms with Crippen molar-refractivity contribution >= 4 is 11.0 Å². The van der Waals surface area contributed by atoms with Gasteiger partial charge in [-0.2, -0.15) is 0 Å². The summed E-state index contributed by atoms with van der Waals surface area (Å²) < 4.78 is 16.7. The molecule has 2 aromatic carbocycles. The van der Waals surface area contributed by atoms with E-state index in [1.165, 1.54) is 30.3 Å². The van der Waals surface area contributed by atoms with Gasteiger partial charge in [0.15, 0.2) is 11.5 Å². The summed E-state index contributed by atoms with van der Waals surface area (Å²) in [5, 5.41) is 69.1. The molecule has 0 amide bonds. The van der Waals surface area contributed by atoms with E-state index in [0.717, 1.165) is 6.07 Å². The van der Waals surface area contributed by atoms with Crippen molar-refractivity contribution in [3.05, 3.63) is 36.4 Å². The zero-order chi connectivity index (χ0) is 21.6. The van der Waals surface area contributed by atoms with Crippen molar-refractivity contribution in [3.63, 3.8) is 0 Å². The van der Waals surface area contributed by atoms with E-state index in [9.17, 15) is 35.7 Å². The molecular formula is C20H19O10+. The number of aliphatic hydroxyl groups excluding tert-OH is 3. The molecule has 10 heteroatoms. The first-order chi connectivity index (χ1) is 14.2. The zero-order valence-corrected chi connectivity index (χ0v) is 15.3. The van der Waals surface area contributed by atoms with Crippen LogP contribution < -0.4 is 4.74 Å². The van der Waals surface area contributed by atoms with Crippen LogP contribution in [-0.2, 0) is 4.74 Å². The third-order valence-corrected chi connectivity index (χ3v) is 4.75. The molecule has 3 aromatic rings. The standard InChI is InChI=1S/C20H18O10/c21-9-4-12(23)10-6-16(30-20-18(27)17(26)14(25)7-28-20)19(29-15(10)5-9)8-1-2-11(22)13(24)3-8/h1-6,14,17-18,20,25-27H,7H2,(H3-,21,22,23,24)/p+1. The number of benzene rings is 2. The van der Waals surface area contributed by atoms with Crippen molar-refractivity contribution in [1.29, 1.82) is 0 Å². The number of rotatable bonds is 3. The first kappa shape index (κ1) is 20.0. The fraction of sp³-hybridized carbons (Fsp3) is 0.250. The molecule has 1 aliphatic rings. The molecule has 0 spiro atoms. The number of fused-ring (bicyclic) bond motifs is 1. The van der Waals surface area contributed by atoms with Gasteiger partial charge in [0.2, 0.25) is 12.0 Å². The summed E-state index contributed by atoms with van der Waals surface area (Å²) in [6.45, 7) is -0.290. The second-order valence-corrected chi connectivity index (χ2v) is 6.89. The molecule has 0 aliphatic carbocycles. The fourth-order valence-corrected chi connectivity index (χ4v) is 3.15. The number of phenolic OH excluding ortho intramolecular Hbond substituents is 4. The van der Waals surface area contributed by atoms with Crippen LogP contribution in [0.1, 0.15) is 0 Å². The minimum Gasteiger partial charge on any atom is -0.507 e. The van der Waals surface area contributed by atoms with Gasteiger partial charge in [0.25, 0.3) is 0 Å². The van der Waals surface area contributed by atoms with Crippen LogP contribution >= 0.6 is 0 Å². The molecule has 1 aromatic heterocycles. The van der Waals surface area contributed by atoms with Crippen molar-refractivity contribution in [2.75, 3.05) is 6.61 Å². The second kappa shape index (κ2) is 7.50. The molecule has 4 unspecified atom stereocenters. The van der Waals surface area contributed by atoms with Crippen molar-refractivity contribution in [2.24, 2.45) is 0 Å². The number of aromatic hydroxyl groups is 4. The predicted octanol–water partition coefficient (Wildman–Crippen LogP) is 1.02. The molecule has 1 aliphatic heterocycles. The minimum atomic E-state index is -1.58. The maximum atomic E-state index is 10.2. The summed E-state index contributed by atoms with van der Waals surface area (Å²) in [6, 6.07) is 7.56. The molecule has 30 heavy (non-hydrogen) atoms. The van der Waals surface area contributed by atoms with Gasteiger partial charge in [0.05, 0.1) is 18.2 Å². The van der Waals surface area contributed by atoms with E-state index in [1.54, 1.807) is 0 Å². The predicted molar refractivity (Wildman–Crippen MR) is 101 cm³/mol. The summed E-state index contributed by atoms with van der Waals surface area (Å²) >= 11 is 0. The average Bonchev–Trinajstić information content (AvgIpc) is 2.70. The molecular weight excluding hydrogens is 400 g/mol. The topological polar surface area (TPSA) is 171 Å². The highest BCUT2D eigenvalue weighted by Crippen LogP contribution is 2.41. The van der Waals surface area contributed by atoms with E-state index < -0.39 is 30.4 Å². The van der Waals surface area contributed by atoms with Gasteiger partial charge in [-0.25, -0.2) is 4.42 Å². The van der Waals surface area contributed by atoms with Crippen LogP contribution in [0, 0.1) is 0 Å². The lowest BCUT2D eigenvalue weighted by Crippen LogP contribution is -2.54. The van der Waals surface area contributed by atoms with Gasteiger partial charge in [-0.05, 0) is 12.1 Å². The molecule has 1 fully saturated rings. The van der Waals surface area contributed by atoms with Gasteiger partial charge < -0.3 is 45.2 Å². The number of hydrogen-bond acceptors (Lipinski definition) is 9. The molecule has 4 atom stereocenters. The Balaban J connectivity index is 1.84. The van der Waals surface area contributed by atoms with Gasteiger partial charge >= 0.3 is 11.3 Å². The van der Waals surface area contributed by atoms with Crippen LogP contribution in [0.2, 0.25) is 0 Å². The molecule has 7 N–H and O–H groups in total.